The second kappa shape index (κ2) is 11.8. The zero-order valence-electron chi connectivity index (χ0n) is 24.8. The fourth-order valence-electron chi connectivity index (χ4n) is 8.00. The van der Waals surface area contributed by atoms with Gasteiger partial charge in [-0.2, -0.15) is 5.26 Å². The van der Waals surface area contributed by atoms with Crippen LogP contribution in [0.25, 0.3) is 11.1 Å². The Morgan fingerprint density at radius 1 is 1.12 bits per heavy atom. The molecule has 3 atom stereocenters. The maximum Gasteiger partial charge on any atom is 0.104 e. The molecule has 4 aliphatic rings. The van der Waals surface area contributed by atoms with Gasteiger partial charge in [0.25, 0.3) is 0 Å². The number of aliphatic hydroxyl groups is 2. The lowest BCUT2D eigenvalue weighted by atomic mass is 9.73. The highest BCUT2D eigenvalue weighted by Gasteiger charge is 2.36. The Hall–Kier alpha value is -2.88. The molecule has 3 heterocycles. The second-order valence-corrected chi connectivity index (χ2v) is 13.3. The summed E-state index contributed by atoms with van der Waals surface area (Å²) in [6.45, 7) is 6.92. The Labute approximate surface area is 245 Å². The van der Waals surface area contributed by atoms with Gasteiger partial charge in [-0.3, -0.25) is 4.99 Å². The third-order valence-corrected chi connectivity index (χ3v) is 11.0. The van der Waals surface area contributed by atoms with Crippen molar-refractivity contribution in [2.24, 2.45) is 28.2 Å². The first-order chi connectivity index (χ1) is 20.0. The van der Waals surface area contributed by atoms with Crippen LogP contribution in [0.3, 0.4) is 0 Å². The predicted octanol–water partition coefficient (Wildman–Crippen LogP) is 6.81. The zero-order chi connectivity index (χ0) is 28.6. The molecule has 1 saturated carbocycles. The first-order valence-electron chi connectivity index (χ1n) is 16.0. The monoisotopic (exact) mass is 554 g/mol. The maximum absolute atomic E-state index is 10.3. The number of hydrogen-bond donors (Lipinski definition) is 3. The molecule has 1 saturated heterocycles. The van der Waals surface area contributed by atoms with Gasteiger partial charge in [0.05, 0.1) is 35.8 Å². The lowest BCUT2D eigenvalue weighted by molar-refractivity contribution is 0.0341. The molecular formula is C35H46N4O2. The highest BCUT2D eigenvalue weighted by molar-refractivity contribution is 5.89. The number of piperidine rings is 1. The molecule has 6 heteroatoms. The Balaban J connectivity index is 1.34. The van der Waals surface area contributed by atoms with Gasteiger partial charge in [0.2, 0.25) is 0 Å². The van der Waals surface area contributed by atoms with Crippen LogP contribution in [0.2, 0.25) is 0 Å². The van der Waals surface area contributed by atoms with Crippen molar-refractivity contribution in [2.45, 2.75) is 77.6 Å². The van der Waals surface area contributed by atoms with E-state index in [1.54, 1.807) is 0 Å². The minimum absolute atomic E-state index is 0.00639. The van der Waals surface area contributed by atoms with Crippen LogP contribution in [-0.2, 0) is 6.42 Å². The lowest BCUT2D eigenvalue weighted by Gasteiger charge is -2.41. The summed E-state index contributed by atoms with van der Waals surface area (Å²) in [5.41, 5.74) is 8.28. The molecule has 2 aromatic carbocycles. The van der Waals surface area contributed by atoms with Crippen LogP contribution < -0.4 is 10.2 Å². The van der Waals surface area contributed by atoms with Crippen LogP contribution in [-0.4, -0.2) is 49.3 Å². The summed E-state index contributed by atoms with van der Waals surface area (Å²) in [4.78, 5) is 7.32. The summed E-state index contributed by atoms with van der Waals surface area (Å²) in [6, 6.07) is 11.6. The number of anilines is 2. The summed E-state index contributed by atoms with van der Waals surface area (Å²) < 4.78 is 0. The van der Waals surface area contributed by atoms with Crippen LogP contribution in [0.1, 0.15) is 87.8 Å². The molecule has 218 valence electrons. The fourth-order valence-corrected chi connectivity index (χ4v) is 8.00. The number of rotatable bonds is 7. The summed E-state index contributed by atoms with van der Waals surface area (Å²) >= 11 is 0. The van der Waals surface area contributed by atoms with E-state index in [-0.39, 0.29) is 13.2 Å². The average molecular weight is 555 g/mol. The lowest BCUT2D eigenvalue weighted by Crippen LogP contribution is -2.44. The van der Waals surface area contributed by atoms with Gasteiger partial charge in [-0.1, -0.05) is 58.1 Å². The van der Waals surface area contributed by atoms with E-state index in [0.717, 1.165) is 47.9 Å². The number of aliphatic hydroxyl groups excluding tert-OH is 2. The number of nitrogens with zero attached hydrogens (tertiary/aromatic N) is 3. The van der Waals surface area contributed by atoms with E-state index in [4.69, 9.17) is 4.99 Å². The van der Waals surface area contributed by atoms with Gasteiger partial charge in [0.1, 0.15) is 6.07 Å². The van der Waals surface area contributed by atoms with E-state index in [1.165, 1.54) is 54.4 Å². The van der Waals surface area contributed by atoms with Gasteiger partial charge in [0.15, 0.2) is 0 Å². The van der Waals surface area contributed by atoms with Crippen LogP contribution in [0.5, 0.6) is 0 Å². The number of fused-ring (bicyclic) bond motifs is 2. The predicted molar refractivity (Wildman–Crippen MR) is 167 cm³/mol. The Morgan fingerprint density at radius 3 is 2.56 bits per heavy atom. The van der Waals surface area contributed by atoms with E-state index >= 15 is 0 Å². The maximum atomic E-state index is 10.3. The molecule has 3 aliphatic heterocycles. The number of nitriles is 1. The number of hydrogen-bond acceptors (Lipinski definition) is 6. The number of benzene rings is 2. The molecule has 0 spiro atoms. The Bertz CT molecular complexity index is 1320. The van der Waals surface area contributed by atoms with Crippen LogP contribution >= 0.6 is 0 Å². The molecular weight excluding hydrogens is 508 g/mol. The molecule has 3 N–H and O–H groups in total. The minimum Gasteiger partial charge on any atom is -0.396 e. The van der Waals surface area contributed by atoms with Crippen molar-refractivity contribution in [3.05, 3.63) is 41.0 Å². The quantitative estimate of drug-likeness (QED) is 0.350. The van der Waals surface area contributed by atoms with Gasteiger partial charge < -0.3 is 20.4 Å². The molecule has 0 aromatic heterocycles. The van der Waals surface area contributed by atoms with Gasteiger partial charge in [0, 0.05) is 43.1 Å². The molecule has 1 aliphatic carbocycles. The molecule has 0 radical (unpaired) electrons. The minimum atomic E-state index is -0.433. The van der Waals surface area contributed by atoms with Crippen LogP contribution in [0, 0.1) is 34.5 Å². The van der Waals surface area contributed by atoms with E-state index in [0.29, 0.717) is 43.7 Å². The fraction of sp³-hybridized carbons (Fsp3) is 0.600. The van der Waals surface area contributed by atoms with Crippen molar-refractivity contribution < 1.29 is 10.2 Å². The van der Waals surface area contributed by atoms with Gasteiger partial charge in [-0.15, -0.1) is 0 Å². The molecule has 2 fully saturated rings. The smallest absolute Gasteiger partial charge is 0.104 e. The highest BCUT2D eigenvalue weighted by Crippen LogP contribution is 2.48. The molecule has 0 bridgehead atoms. The van der Waals surface area contributed by atoms with Crippen molar-refractivity contribution in [1.29, 1.82) is 5.26 Å². The van der Waals surface area contributed by atoms with Crippen molar-refractivity contribution in [3.8, 4) is 17.2 Å². The van der Waals surface area contributed by atoms with Crippen LogP contribution in [0.4, 0.5) is 17.1 Å². The van der Waals surface area contributed by atoms with E-state index in [2.05, 4.69) is 60.6 Å². The normalized spacial score (nSPS) is 24.3. The van der Waals surface area contributed by atoms with Crippen molar-refractivity contribution in [2.75, 3.05) is 43.1 Å². The highest BCUT2D eigenvalue weighted by atomic mass is 16.3. The third kappa shape index (κ3) is 5.17. The zero-order valence-corrected chi connectivity index (χ0v) is 24.8. The second-order valence-electron chi connectivity index (χ2n) is 13.3. The number of aliphatic imine (C=N–C) groups is 1. The average Bonchev–Trinajstić information content (AvgIpc) is 3.48. The van der Waals surface area contributed by atoms with Gasteiger partial charge >= 0.3 is 0 Å². The largest absolute Gasteiger partial charge is 0.396 e. The summed E-state index contributed by atoms with van der Waals surface area (Å²) in [5, 5.41) is 33.8. The van der Waals surface area contributed by atoms with Crippen LogP contribution in [0.15, 0.2) is 29.3 Å². The number of nitrogens with one attached hydrogen (secondary N) is 1. The molecule has 0 amide bonds. The standard InChI is InChI=1S/C35H46N4O2/c1-3-24-19-38-34-30(18-36)32(39-13-11-35(21-40,22-41)12-14-39)17-29(33(24)34)26-9-10-27-15-28(20-37-31(27)16-26)23(2)25-7-5-4-6-8-25/h9-10,16-17,20,23-25,28,38,40-41H,3-8,11-15,19,21-22H2,1-2H3. The Morgan fingerprint density at radius 2 is 1.88 bits per heavy atom. The van der Waals surface area contributed by atoms with Crippen molar-refractivity contribution >= 4 is 23.3 Å². The van der Waals surface area contributed by atoms with E-state index in [9.17, 15) is 15.5 Å². The van der Waals surface area contributed by atoms with E-state index < -0.39 is 5.41 Å². The topological polar surface area (TPSA) is 91.9 Å². The summed E-state index contributed by atoms with van der Waals surface area (Å²) in [6.07, 6.45) is 12.6. The van der Waals surface area contributed by atoms with Crippen molar-refractivity contribution in [1.82, 2.24) is 0 Å². The molecule has 2 aromatic rings. The van der Waals surface area contributed by atoms with Gasteiger partial charge in [-0.25, -0.2) is 0 Å². The summed E-state index contributed by atoms with van der Waals surface area (Å²) in [5.74, 6) is 2.38. The molecule has 6 rings (SSSR count). The van der Waals surface area contributed by atoms with E-state index in [1.807, 2.05) is 0 Å². The third-order valence-electron chi connectivity index (χ3n) is 11.0. The first-order valence-corrected chi connectivity index (χ1v) is 16.0. The first kappa shape index (κ1) is 28.2. The van der Waals surface area contributed by atoms with Crippen molar-refractivity contribution in [3.63, 3.8) is 0 Å². The molecule has 41 heavy (non-hydrogen) atoms. The molecule has 3 unspecified atom stereocenters. The Kier molecular flexibility index (Phi) is 8.12. The summed E-state index contributed by atoms with van der Waals surface area (Å²) in [7, 11) is 0. The van der Waals surface area contributed by atoms with Gasteiger partial charge in [-0.05, 0) is 71.9 Å². The SMILES string of the molecule is CCC1CNc2c(C#N)c(N3CCC(CO)(CO)CC3)cc(-c3ccc4c(c3)N=CC(C(C)C3CCCCC3)C4)c21. The molecule has 6 nitrogen and oxygen atoms in total.